The molecule has 1 aromatic rings. The highest BCUT2D eigenvalue weighted by molar-refractivity contribution is 9.09. The molecule has 104 valence electrons. The molecule has 2 rings (SSSR count). The first-order valence-corrected chi connectivity index (χ1v) is 7.83. The minimum atomic E-state index is -0.368. The SMILES string of the molecule is Cc1ccc(F)cc1C(=O)NC1(CBr)CCCCC1. The first-order chi connectivity index (χ1) is 9.06. The van der Waals surface area contributed by atoms with Gasteiger partial charge in [0.2, 0.25) is 0 Å². The van der Waals surface area contributed by atoms with Crippen LogP contribution in [0.5, 0.6) is 0 Å². The van der Waals surface area contributed by atoms with Crippen molar-refractivity contribution in [2.45, 2.75) is 44.6 Å². The molecular weight excluding hydrogens is 309 g/mol. The summed E-state index contributed by atoms with van der Waals surface area (Å²) in [5.74, 6) is -0.536. The Kier molecular flexibility index (Phi) is 4.61. The van der Waals surface area contributed by atoms with Gasteiger partial charge in [0, 0.05) is 10.9 Å². The smallest absolute Gasteiger partial charge is 0.252 e. The summed E-state index contributed by atoms with van der Waals surface area (Å²) in [5, 5.41) is 3.86. The maximum absolute atomic E-state index is 13.3. The van der Waals surface area contributed by atoms with E-state index in [1.165, 1.54) is 18.6 Å². The van der Waals surface area contributed by atoms with Crippen LogP contribution in [-0.2, 0) is 0 Å². The summed E-state index contributed by atoms with van der Waals surface area (Å²) in [7, 11) is 0. The molecule has 0 saturated heterocycles. The molecule has 2 nitrogen and oxygen atoms in total. The standard InChI is InChI=1S/C15H19BrFNO/c1-11-5-6-12(17)9-13(11)14(19)18-15(10-16)7-3-2-4-8-15/h5-6,9H,2-4,7-8,10H2,1H3,(H,18,19). The third-order valence-electron chi connectivity index (χ3n) is 3.89. The molecule has 0 unspecified atom stereocenters. The molecule has 4 heteroatoms. The molecule has 0 spiro atoms. The minimum absolute atomic E-state index is 0.168. The topological polar surface area (TPSA) is 29.1 Å². The molecule has 1 aliphatic rings. The summed E-state index contributed by atoms with van der Waals surface area (Å²) in [6, 6.07) is 4.34. The number of amides is 1. The van der Waals surface area contributed by atoms with Crippen LogP contribution >= 0.6 is 15.9 Å². The number of carbonyl (C=O) groups excluding carboxylic acids is 1. The van der Waals surface area contributed by atoms with E-state index in [2.05, 4.69) is 21.2 Å². The van der Waals surface area contributed by atoms with Crippen LogP contribution in [0.15, 0.2) is 18.2 Å². The second-order valence-electron chi connectivity index (χ2n) is 5.39. The van der Waals surface area contributed by atoms with Gasteiger partial charge in [-0.2, -0.15) is 0 Å². The Balaban J connectivity index is 2.17. The molecule has 1 aromatic carbocycles. The minimum Gasteiger partial charge on any atom is -0.346 e. The highest BCUT2D eigenvalue weighted by atomic mass is 79.9. The van der Waals surface area contributed by atoms with Crippen molar-refractivity contribution in [3.63, 3.8) is 0 Å². The van der Waals surface area contributed by atoms with Gasteiger partial charge in [0.15, 0.2) is 0 Å². The molecule has 19 heavy (non-hydrogen) atoms. The fraction of sp³-hybridized carbons (Fsp3) is 0.533. The Labute approximate surface area is 121 Å². The molecule has 1 N–H and O–H groups in total. The van der Waals surface area contributed by atoms with Gasteiger partial charge in [0.25, 0.3) is 5.91 Å². The quantitative estimate of drug-likeness (QED) is 0.836. The van der Waals surface area contributed by atoms with Crippen molar-refractivity contribution in [2.24, 2.45) is 0 Å². The maximum Gasteiger partial charge on any atom is 0.252 e. The van der Waals surface area contributed by atoms with Crippen molar-refractivity contribution in [3.8, 4) is 0 Å². The third-order valence-corrected chi connectivity index (χ3v) is 4.96. The Morgan fingerprint density at radius 1 is 1.37 bits per heavy atom. The molecule has 1 aliphatic carbocycles. The average molecular weight is 328 g/mol. The largest absolute Gasteiger partial charge is 0.346 e. The molecule has 0 atom stereocenters. The predicted molar refractivity (Wildman–Crippen MR) is 78.2 cm³/mol. The van der Waals surface area contributed by atoms with E-state index < -0.39 is 0 Å². The van der Waals surface area contributed by atoms with E-state index in [1.807, 2.05) is 6.92 Å². The Morgan fingerprint density at radius 3 is 2.68 bits per heavy atom. The summed E-state index contributed by atoms with van der Waals surface area (Å²) < 4.78 is 13.3. The zero-order valence-electron chi connectivity index (χ0n) is 11.1. The van der Waals surface area contributed by atoms with Gasteiger partial charge >= 0.3 is 0 Å². The van der Waals surface area contributed by atoms with Crippen molar-refractivity contribution in [3.05, 3.63) is 35.1 Å². The number of carbonyl (C=O) groups is 1. The van der Waals surface area contributed by atoms with Crippen LogP contribution in [0.1, 0.15) is 48.0 Å². The van der Waals surface area contributed by atoms with Crippen LogP contribution in [0, 0.1) is 12.7 Å². The van der Waals surface area contributed by atoms with Crippen LogP contribution in [0.25, 0.3) is 0 Å². The molecule has 0 aromatic heterocycles. The zero-order chi connectivity index (χ0) is 13.9. The average Bonchev–Trinajstić information content (AvgIpc) is 2.42. The number of hydrogen-bond donors (Lipinski definition) is 1. The van der Waals surface area contributed by atoms with Crippen molar-refractivity contribution in [2.75, 3.05) is 5.33 Å². The summed E-state index contributed by atoms with van der Waals surface area (Å²) in [6.07, 6.45) is 5.46. The van der Waals surface area contributed by atoms with Crippen LogP contribution in [0.2, 0.25) is 0 Å². The summed E-state index contributed by atoms with van der Waals surface area (Å²) in [4.78, 5) is 12.4. The molecule has 1 saturated carbocycles. The monoisotopic (exact) mass is 327 g/mol. The predicted octanol–water partition coefficient (Wildman–Crippen LogP) is 3.96. The molecular formula is C15H19BrFNO. The molecule has 1 fully saturated rings. The second kappa shape index (κ2) is 6.04. The van der Waals surface area contributed by atoms with E-state index >= 15 is 0 Å². The highest BCUT2D eigenvalue weighted by Gasteiger charge is 2.33. The fourth-order valence-electron chi connectivity index (χ4n) is 2.67. The van der Waals surface area contributed by atoms with E-state index in [-0.39, 0.29) is 17.3 Å². The lowest BCUT2D eigenvalue weighted by molar-refractivity contribution is 0.0885. The van der Waals surface area contributed by atoms with Gasteiger partial charge < -0.3 is 5.32 Å². The van der Waals surface area contributed by atoms with Crippen molar-refractivity contribution in [1.29, 1.82) is 0 Å². The first-order valence-electron chi connectivity index (χ1n) is 6.71. The van der Waals surface area contributed by atoms with E-state index in [0.29, 0.717) is 5.56 Å². The third kappa shape index (κ3) is 3.35. The van der Waals surface area contributed by atoms with E-state index in [1.54, 1.807) is 6.07 Å². The summed E-state index contributed by atoms with van der Waals surface area (Å²) in [6.45, 7) is 1.83. The Morgan fingerprint density at radius 2 is 2.05 bits per heavy atom. The lowest BCUT2D eigenvalue weighted by Gasteiger charge is -2.36. The van der Waals surface area contributed by atoms with E-state index in [4.69, 9.17) is 0 Å². The fourth-order valence-corrected chi connectivity index (χ4v) is 3.37. The van der Waals surface area contributed by atoms with Crippen LogP contribution in [-0.4, -0.2) is 16.8 Å². The number of benzene rings is 1. The Bertz CT molecular complexity index is 469. The highest BCUT2D eigenvalue weighted by Crippen LogP contribution is 2.30. The van der Waals surface area contributed by atoms with Gasteiger partial charge in [-0.15, -0.1) is 0 Å². The summed E-state index contributed by atoms with van der Waals surface area (Å²) >= 11 is 3.51. The van der Waals surface area contributed by atoms with Gasteiger partial charge in [0.05, 0.1) is 5.54 Å². The van der Waals surface area contributed by atoms with Gasteiger partial charge in [-0.25, -0.2) is 4.39 Å². The number of nitrogens with one attached hydrogen (secondary N) is 1. The lowest BCUT2D eigenvalue weighted by atomic mass is 9.83. The number of halogens is 2. The molecule has 1 amide bonds. The Hall–Kier alpha value is -0.900. The van der Waals surface area contributed by atoms with Crippen molar-refractivity contribution < 1.29 is 9.18 Å². The second-order valence-corrected chi connectivity index (χ2v) is 5.95. The lowest BCUT2D eigenvalue weighted by Crippen LogP contribution is -2.51. The van der Waals surface area contributed by atoms with Gasteiger partial charge in [-0.3, -0.25) is 4.79 Å². The first kappa shape index (κ1) is 14.5. The maximum atomic E-state index is 13.3. The molecule has 0 bridgehead atoms. The number of rotatable bonds is 3. The van der Waals surface area contributed by atoms with Crippen molar-refractivity contribution in [1.82, 2.24) is 5.32 Å². The van der Waals surface area contributed by atoms with Crippen LogP contribution in [0.4, 0.5) is 4.39 Å². The number of aryl methyl sites for hydroxylation is 1. The van der Waals surface area contributed by atoms with E-state index in [9.17, 15) is 9.18 Å². The van der Waals surface area contributed by atoms with Crippen LogP contribution in [0.3, 0.4) is 0 Å². The summed E-state index contributed by atoms with van der Waals surface area (Å²) in [5.41, 5.74) is 1.07. The zero-order valence-corrected chi connectivity index (χ0v) is 12.7. The number of alkyl halides is 1. The number of hydrogen-bond acceptors (Lipinski definition) is 1. The van der Waals surface area contributed by atoms with Gasteiger partial charge in [-0.1, -0.05) is 41.3 Å². The van der Waals surface area contributed by atoms with Gasteiger partial charge in [0.1, 0.15) is 5.82 Å². The molecule has 0 heterocycles. The van der Waals surface area contributed by atoms with Gasteiger partial charge in [-0.05, 0) is 37.5 Å². The van der Waals surface area contributed by atoms with E-state index in [0.717, 1.165) is 36.6 Å². The van der Waals surface area contributed by atoms with Crippen molar-refractivity contribution >= 4 is 21.8 Å². The van der Waals surface area contributed by atoms with Crippen LogP contribution < -0.4 is 5.32 Å². The molecule has 0 radical (unpaired) electrons. The normalized spacial score (nSPS) is 18.1. The molecule has 0 aliphatic heterocycles.